The van der Waals surface area contributed by atoms with E-state index in [1.165, 1.54) is 11.3 Å². The summed E-state index contributed by atoms with van der Waals surface area (Å²) < 4.78 is 2.72. The SMILES string of the molecule is C#Cc1nncn1-c1ccc2c(ccc3sc4c(c32)NC[C@@H](C)NC4=O)n1. The van der Waals surface area contributed by atoms with E-state index in [0.717, 1.165) is 26.7 Å². The lowest BCUT2D eigenvalue weighted by Crippen LogP contribution is -2.34. The summed E-state index contributed by atoms with van der Waals surface area (Å²) in [5, 5.41) is 16.2. The normalized spacial score (nSPS) is 16.4. The molecule has 0 fully saturated rings. The zero-order valence-corrected chi connectivity index (χ0v) is 15.2. The minimum atomic E-state index is -0.0374. The molecular weight excluding hydrogens is 360 g/mol. The second-order valence-electron chi connectivity index (χ2n) is 6.41. The molecule has 5 rings (SSSR count). The largest absolute Gasteiger partial charge is 0.381 e. The fraction of sp³-hybridized carbons (Fsp3) is 0.158. The quantitative estimate of drug-likeness (QED) is 0.500. The fourth-order valence-electron chi connectivity index (χ4n) is 3.35. The van der Waals surface area contributed by atoms with Crippen LogP contribution in [0.3, 0.4) is 0 Å². The molecule has 8 heteroatoms. The van der Waals surface area contributed by atoms with Gasteiger partial charge >= 0.3 is 0 Å². The van der Waals surface area contributed by atoms with Gasteiger partial charge in [-0.1, -0.05) is 0 Å². The predicted octanol–water partition coefficient (Wildman–Crippen LogP) is 2.56. The van der Waals surface area contributed by atoms with Gasteiger partial charge in [0.15, 0.2) is 0 Å². The van der Waals surface area contributed by atoms with Gasteiger partial charge in [-0.15, -0.1) is 28.0 Å². The van der Waals surface area contributed by atoms with Crippen LogP contribution in [0.4, 0.5) is 5.69 Å². The van der Waals surface area contributed by atoms with E-state index in [-0.39, 0.29) is 11.9 Å². The number of hydrogen-bond acceptors (Lipinski definition) is 6. The lowest BCUT2D eigenvalue weighted by molar-refractivity contribution is 0.0949. The highest BCUT2D eigenvalue weighted by molar-refractivity contribution is 7.21. The summed E-state index contributed by atoms with van der Waals surface area (Å²) in [6.45, 7) is 2.66. The van der Waals surface area contributed by atoms with Crippen LogP contribution in [0.1, 0.15) is 22.4 Å². The summed E-state index contributed by atoms with van der Waals surface area (Å²) in [5.41, 5.74) is 1.70. The maximum absolute atomic E-state index is 12.5. The summed E-state index contributed by atoms with van der Waals surface area (Å²) in [7, 11) is 0. The molecule has 1 aliphatic rings. The molecule has 0 unspecified atom stereocenters. The topological polar surface area (TPSA) is 84.7 Å². The Morgan fingerprint density at radius 1 is 1.33 bits per heavy atom. The van der Waals surface area contributed by atoms with Gasteiger partial charge in [-0.25, -0.2) is 4.98 Å². The van der Waals surface area contributed by atoms with Crippen molar-refractivity contribution in [3.8, 4) is 18.2 Å². The monoisotopic (exact) mass is 374 g/mol. The number of terminal acetylenes is 1. The Hall–Kier alpha value is -3.44. The highest BCUT2D eigenvalue weighted by atomic mass is 32.1. The van der Waals surface area contributed by atoms with Gasteiger partial charge in [0.05, 0.1) is 11.2 Å². The Balaban J connectivity index is 1.74. The Kier molecular flexibility index (Phi) is 3.39. The van der Waals surface area contributed by atoms with Crippen LogP contribution >= 0.6 is 11.3 Å². The van der Waals surface area contributed by atoms with Gasteiger partial charge in [0.2, 0.25) is 5.82 Å². The second kappa shape index (κ2) is 5.79. The van der Waals surface area contributed by atoms with Crippen molar-refractivity contribution >= 4 is 43.9 Å². The van der Waals surface area contributed by atoms with E-state index in [0.29, 0.717) is 23.1 Å². The molecule has 3 aromatic heterocycles. The third kappa shape index (κ3) is 2.36. The average Bonchev–Trinajstić information content (AvgIpc) is 3.27. The van der Waals surface area contributed by atoms with E-state index >= 15 is 0 Å². The van der Waals surface area contributed by atoms with Gasteiger partial charge in [-0.3, -0.25) is 9.36 Å². The van der Waals surface area contributed by atoms with Crippen LogP contribution in [0, 0.1) is 12.3 Å². The van der Waals surface area contributed by atoms with E-state index in [9.17, 15) is 4.79 Å². The standard InChI is InChI=1S/C19H14N6OS/c1-3-14-24-21-9-25(14)15-7-4-11-12(23-15)5-6-13-16(11)17-18(27-13)19(26)22-10(2)8-20-17/h1,4-7,9-10,20H,8H2,2H3,(H,22,26)/t10-/m1/s1. The smallest absolute Gasteiger partial charge is 0.263 e. The third-order valence-corrected chi connectivity index (χ3v) is 5.75. The number of carbonyl (C=O) groups is 1. The molecular formula is C19H14N6OS. The molecule has 0 radical (unpaired) electrons. The number of pyridine rings is 1. The Labute approximate surface area is 158 Å². The highest BCUT2D eigenvalue weighted by Gasteiger charge is 2.24. The van der Waals surface area contributed by atoms with E-state index in [2.05, 4.69) is 26.8 Å². The van der Waals surface area contributed by atoms with Crippen molar-refractivity contribution in [2.24, 2.45) is 0 Å². The van der Waals surface area contributed by atoms with Gasteiger partial charge in [-0.2, -0.15) is 0 Å². The number of carbonyl (C=O) groups excluding carboxylic acids is 1. The van der Waals surface area contributed by atoms with Gasteiger partial charge in [0.25, 0.3) is 5.91 Å². The minimum absolute atomic E-state index is 0.0374. The minimum Gasteiger partial charge on any atom is -0.381 e. The van der Waals surface area contributed by atoms with E-state index in [4.69, 9.17) is 11.4 Å². The fourth-order valence-corrected chi connectivity index (χ4v) is 4.45. The van der Waals surface area contributed by atoms with E-state index in [1.54, 1.807) is 10.9 Å². The maximum Gasteiger partial charge on any atom is 0.263 e. The molecule has 27 heavy (non-hydrogen) atoms. The Morgan fingerprint density at radius 2 is 2.22 bits per heavy atom. The van der Waals surface area contributed by atoms with Gasteiger partial charge in [-0.05, 0) is 37.1 Å². The predicted molar refractivity (Wildman–Crippen MR) is 105 cm³/mol. The molecule has 0 aliphatic carbocycles. The van der Waals surface area contributed by atoms with Crippen LogP contribution in [0.5, 0.6) is 0 Å². The Bertz CT molecular complexity index is 1260. The lowest BCUT2D eigenvalue weighted by atomic mass is 10.1. The van der Waals surface area contributed by atoms with E-state index in [1.807, 2.05) is 31.2 Å². The first-order chi connectivity index (χ1) is 13.2. The molecule has 0 spiro atoms. The summed E-state index contributed by atoms with van der Waals surface area (Å²) >= 11 is 1.49. The number of hydrogen-bond donors (Lipinski definition) is 2. The molecule has 1 amide bonds. The van der Waals surface area contributed by atoms with Crippen LogP contribution in [0.2, 0.25) is 0 Å². The molecule has 4 heterocycles. The number of anilines is 1. The van der Waals surface area contributed by atoms with Crippen molar-refractivity contribution in [2.45, 2.75) is 13.0 Å². The van der Waals surface area contributed by atoms with Crippen LogP contribution in [0.25, 0.3) is 26.8 Å². The van der Waals surface area contributed by atoms with E-state index < -0.39 is 0 Å². The van der Waals surface area contributed by atoms with Crippen molar-refractivity contribution in [1.29, 1.82) is 0 Å². The summed E-state index contributed by atoms with van der Waals surface area (Å²) in [5.74, 6) is 3.52. The van der Waals surface area contributed by atoms with Gasteiger partial charge < -0.3 is 10.6 Å². The molecule has 0 saturated heterocycles. The molecule has 132 valence electrons. The van der Waals surface area contributed by atoms with Crippen molar-refractivity contribution in [3.05, 3.63) is 41.3 Å². The van der Waals surface area contributed by atoms with Crippen molar-refractivity contribution in [2.75, 3.05) is 11.9 Å². The van der Waals surface area contributed by atoms with Crippen molar-refractivity contribution < 1.29 is 4.79 Å². The highest BCUT2D eigenvalue weighted by Crippen LogP contribution is 2.40. The molecule has 0 bridgehead atoms. The van der Waals surface area contributed by atoms with Crippen molar-refractivity contribution in [1.82, 2.24) is 25.1 Å². The maximum atomic E-state index is 12.5. The zero-order valence-electron chi connectivity index (χ0n) is 14.4. The number of rotatable bonds is 1. The molecule has 2 N–H and O–H groups in total. The van der Waals surface area contributed by atoms with Gasteiger partial charge in [0.1, 0.15) is 17.0 Å². The number of amides is 1. The summed E-state index contributed by atoms with van der Waals surface area (Å²) in [6.07, 6.45) is 7.02. The summed E-state index contributed by atoms with van der Waals surface area (Å²) in [4.78, 5) is 17.9. The van der Waals surface area contributed by atoms with Crippen LogP contribution in [0.15, 0.2) is 30.6 Å². The van der Waals surface area contributed by atoms with Crippen LogP contribution in [-0.2, 0) is 0 Å². The number of fused-ring (bicyclic) bond motifs is 5. The Morgan fingerprint density at radius 3 is 3.07 bits per heavy atom. The molecule has 0 saturated carbocycles. The number of thiophene rings is 1. The lowest BCUT2D eigenvalue weighted by Gasteiger charge is -2.10. The molecule has 1 aliphatic heterocycles. The second-order valence-corrected chi connectivity index (χ2v) is 7.46. The third-order valence-electron chi connectivity index (χ3n) is 4.60. The number of benzene rings is 1. The van der Waals surface area contributed by atoms with Crippen molar-refractivity contribution in [3.63, 3.8) is 0 Å². The number of aromatic nitrogens is 4. The first kappa shape index (κ1) is 15.8. The first-order valence-electron chi connectivity index (χ1n) is 8.43. The first-order valence-corrected chi connectivity index (χ1v) is 9.25. The molecule has 7 nitrogen and oxygen atoms in total. The molecule has 4 aromatic rings. The average molecular weight is 374 g/mol. The molecule has 1 atom stereocenters. The number of nitrogens with zero attached hydrogens (tertiary/aromatic N) is 4. The van der Waals surface area contributed by atoms with Gasteiger partial charge in [0, 0.05) is 28.1 Å². The summed E-state index contributed by atoms with van der Waals surface area (Å²) in [6, 6.07) is 7.91. The van der Waals surface area contributed by atoms with Crippen LogP contribution < -0.4 is 10.6 Å². The number of nitrogens with one attached hydrogen (secondary N) is 2. The van der Waals surface area contributed by atoms with Crippen LogP contribution in [-0.4, -0.2) is 38.2 Å². The molecule has 1 aromatic carbocycles. The zero-order chi connectivity index (χ0) is 18.5.